The molecule has 39 heavy (non-hydrogen) atoms. The third kappa shape index (κ3) is 8.73. The predicted molar refractivity (Wildman–Crippen MR) is 146 cm³/mol. The highest BCUT2D eigenvalue weighted by Crippen LogP contribution is 2.26. The van der Waals surface area contributed by atoms with Crippen LogP contribution >= 0.6 is 24.2 Å². The molecule has 0 bridgehead atoms. The van der Waals surface area contributed by atoms with Gasteiger partial charge in [-0.3, -0.25) is 19.3 Å². The quantitative estimate of drug-likeness (QED) is 0.317. The molecule has 2 fully saturated rings. The van der Waals surface area contributed by atoms with Crippen LogP contribution in [0.25, 0.3) is 0 Å². The Morgan fingerprint density at radius 2 is 1.74 bits per heavy atom. The lowest BCUT2D eigenvalue weighted by molar-refractivity contribution is -0.152. The summed E-state index contributed by atoms with van der Waals surface area (Å²) in [6.07, 6.45) is 1.04. The van der Waals surface area contributed by atoms with Crippen LogP contribution in [0.2, 0.25) is 0 Å². The zero-order valence-corrected chi connectivity index (χ0v) is 24.1. The van der Waals surface area contributed by atoms with Gasteiger partial charge in [0.2, 0.25) is 5.91 Å². The van der Waals surface area contributed by atoms with Crippen molar-refractivity contribution in [2.45, 2.75) is 70.0 Å². The molecule has 0 spiro atoms. The largest absolute Gasteiger partial charge is 0.465 e. The van der Waals surface area contributed by atoms with Crippen LogP contribution in [-0.2, 0) is 25.5 Å². The minimum Gasteiger partial charge on any atom is -0.465 e. The standard InChI is InChI=1S/C26H37F3N4O4S.ClH/c1-4-37-26(36)23(15(2)3)32-7-5-18(6-8-32)31-24(35)25-33(9-10-38-25)22(34)13-17(30)11-16-12-20(28)21(29)14-19(16)27;/h12,14-15,17-18,23,25H,4-11,13,30H2,1-3H3,(H,31,35);1H/t17-,23?,25?;/m1./s1. The van der Waals surface area contributed by atoms with Gasteiger partial charge in [-0.1, -0.05) is 13.8 Å². The lowest BCUT2D eigenvalue weighted by Gasteiger charge is -2.38. The number of carbonyl (C=O) groups excluding carboxylic acids is 3. The molecule has 2 aliphatic heterocycles. The van der Waals surface area contributed by atoms with E-state index in [0.717, 1.165) is 6.07 Å². The number of esters is 1. The fourth-order valence-corrected chi connectivity index (χ4v) is 6.17. The van der Waals surface area contributed by atoms with Crippen molar-refractivity contribution in [2.75, 3.05) is 32.0 Å². The molecule has 2 heterocycles. The fraction of sp³-hybridized carbons (Fsp3) is 0.654. The number of halogens is 4. The average Bonchev–Trinajstić information content (AvgIpc) is 3.34. The molecule has 3 N–H and O–H groups in total. The number of nitrogens with one attached hydrogen (secondary N) is 1. The molecule has 1 aromatic carbocycles. The Labute approximate surface area is 237 Å². The van der Waals surface area contributed by atoms with Gasteiger partial charge in [0, 0.05) is 50.0 Å². The maximum Gasteiger partial charge on any atom is 0.323 e. The number of thioether (sulfide) groups is 1. The van der Waals surface area contributed by atoms with E-state index in [1.165, 1.54) is 16.7 Å². The van der Waals surface area contributed by atoms with Crippen molar-refractivity contribution in [3.63, 3.8) is 0 Å². The maximum atomic E-state index is 14.0. The van der Waals surface area contributed by atoms with E-state index in [4.69, 9.17) is 10.5 Å². The van der Waals surface area contributed by atoms with Gasteiger partial charge in [0.15, 0.2) is 17.0 Å². The number of carbonyl (C=O) groups is 3. The first-order valence-electron chi connectivity index (χ1n) is 13.0. The summed E-state index contributed by atoms with van der Waals surface area (Å²) in [4.78, 5) is 42.0. The lowest BCUT2D eigenvalue weighted by Crippen LogP contribution is -2.54. The van der Waals surface area contributed by atoms with E-state index in [9.17, 15) is 27.6 Å². The number of nitrogens with two attached hydrogens (primary N) is 1. The van der Waals surface area contributed by atoms with Crippen molar-refractivity contribution in [1.29, 1.82) is 0 Å². The summed E-state index contributed by atoms with van der Waals surface area (Å²) in [5.74, 6) is -3.55. The van der Waals surface area contributed by atoms with E-state index in [-0.39, 0.29) is 66.6 Å². The number of hydrogen-bond acceptors (Lipinski definition) is 7. The van der Waals surface area contributed by atoms with Gasteiger partial charge in [-0.15, -0.1) is 24.2 Å². The summed E-state index contributed by atoms with van der Waals surface area (Å²) in [6.45, 7) is 7.74. The second-order valence-electron chi connectivity index (χ2n) is 10.1. The summed E-state index contributed by atoms with van der Waals surface area (Å²) in [7, 11) is 0. The molecule has 2 saturated heterocycles. The fourth-order valence-electron chi connectivity index (χ4n) is 5.02. The van der Waals surface area contributed by atoms with E-state index >= 15 is 0 Å². The van der Waals surface area contributed by atoms with Gasteiger partial charge in [-0.25, -0.2) is 13.2 Å². The normalized spacial score (nSPS) is 19.9. The molecule has 13 heteroatoms. The Hall–Kier alpha value is -2.02. The Kier molecular flexibility index (Phi) is 12.9. The third-order valence-electron chi connectivity index (χ3n) is 6.87. The number of hydrogen-bond donors (Lipinski definition) is 2. The van der Waals surface area contributed by atoms with Gasteiger partial charge in [-0.05, 0) is 43.7 Å². The lowest BCUT2D eigenvalue weighted by atomic mass is 9.97. The van der Waals surface area contributed by atoms with Crippen LogP contribution in [0.5, 0.6) is 0 Å². The Balaban J connectivity index is 0.00000533. The van der Waals surface area contributed by atoms with Crippen molar-refractivity contribution >= 4 is 42.0 Å². The summed E-state index contributed by atoms with van der Waals surface area (Å²) in [5.41, 5.74) is 5.92. The number of amides is 2. The molecule has 0 saturated carbocycles. The van der Waals surface area contributed by atoms with Crippen molar-refractivity contribution in [2.24, 2.45) is 11.7 Å². The Bertz CT molecular complexity index is 1010. The monoisotopic (exact) mass is 594 g/mol. The topological polar surface area (TPSA) is 105 Å². The molecule has 0 aromatic heterocycles. The molecule has 220 valence electrons. The van der Waals surface area contributed by atoms with Crippen molar-refractivity contribution in [1.82, 2.24) is 15.1 Å². The molecule has 1 aromatic rings. The average molecular weight is 595 g/mol. The van der Waals surface area contributed by atoms with Crippen LogP contribution in [0.3, 0.4) is 0 Å². The van der Waals surface area contributed by atoms with Crippen molar-refractivity contribution < 1.29 is 32.3 Å². The van der Waals surface area contributed by atoms with Crippen LogP contribution in [0.4, 0.5) is 13.2 Å². The van der Waals surface area contributed by atoms with Crippen LogP contribution in [0.1, 0.15) is 45.6 Å². The van der Waals surface area contributed by atoms with Crippen molar-refractivity contribution in [3.8, 4) is 0 Å². The Morgan fingerprint density at radius 3 is 2.36 bits per heavy atom. The molecule has 0 radical (unpaired) electrons. The molecule has 0 aliphatic carbocycles. The van der Waals surface area contributed by atoms with E-state index < -0.39 is 28.9 Å². The molecular weight excluding hydrogens is 557 g/mol. The van der Waals surface area contributed by atoms with E-state index in [1.54, 1.807) is 6.92 Å². The first-order chi connectivity index (χ1) is 18.0. The zero-order chi connectivity index (χ0) is 28.0. The summed E-state index contributed by atoms with van der Waals surface area (Å²) in [6, 6.07) is -0.0205. The van der Waals surface area contributed by atoms with E-state index in [2.05, 4.69) is 10.2 Å². The number of piperidine rings is 1. The smallest absolute Gasteiger partial charge is 0.323 e. The summed E-state index contributed by atoms with van der Waals surface area (Å²) in [5, 5.41) is 2.35. The van der Waals surface area contributed by atoms with Crippen LogP contribution in [0.15, 0.2) is 12.1 Å². The number of ether oxygens (including phenoxy) is 1. The number of rotatable bonds is 10. The minimum absolute atomic E-state index is 0. The highest BCUT2D eigenvalue weighted by molar-refractivity contribution is 8.00. The molecule has 2 unspecified atom stereocenters. The van der Waals surface area contributed by atoms with Gasteiger partial charge in [0.1, 0.15) is 11.9 Å². The second-order valence-corrected chi connectivity index (χ2v) is 11.3. The Morgan fingerprint density at radius 1 is 1.10 bits per heavy atom. The van der Waals surface area contributed by atoms with Crippen LogP contribution < -0.4 is 11.1 Å². The first-order valence-corrected chi connectivity index (χ1v) is 14.1. The highest BCUT2D eigenvalue weighted by Gasteiger charge is 2.38. The van der Waals surface area contributed by atoms with Crippen LogP contribution in [0, 0.1) is 23.4 Å². The highest BCUT2D eigenvalue weighted by atomic mass is 35.5. The molecule has 2 aliphatic rings. The number of likely N-dealkylation sites (tertiary alicyclic amines) is 1. The zero-order valence-electron chi connectivity index (χ0n) is 22.5. The maximum absolute atomic E-state index is 14.0. The first kappa shape index (κ1) is 33.2. The van der Waals surface area contributed by atoms with Crippen LogP contribution in [-0.4, -0.2) is 83.1 Å². The second kappa shape index (κ2) is 15.1. The predicted octanol–water partition coefficient (Wildman–Crippen LogP) is 2.86. The molecular formula is C26H38ClF3N4O4S. The van der Waals surface area contributed by atoms with Gasteiger partial charge >= 0.3 is 5.97 Å². The van der Waals surface area contributed by atoms with E-state index in [1.807, 2.05) is 13.8 Å². The van der Waals surface area contributed by atoms with Gasteiger partial charge in [-0.2, -0.15) is 0 Å². The number of benzene rings is 1. The molecule has 3 atom stereocenters. The van der Waals surface area contributed by atoms with Gasteiger partial charge in [0.25, 0.3) is 5.91 Å². The molecule has 2 amide bonds. The van der Waals surface area contributed by atoms with Gasteiger partial charge < -0.3 is 20.7 Å². The van der Waals surface area contributed by atoms with Crippen molar-refractivity contribution in [3.05, 3.63) is 35.1 Å². The minimum atomic E-state index is -1.29. The summed E-state index contributed by atoms with van der Waals surface area (Å²) < 4.78 is 45.9. The summed E-state index contributed by atoms with van der Waals surface area (Å²) >= 11 is 1.36. The molecule has 3 rings (SSSR count). The third-order valence-corrected chi connectivity index (χ3v) is 8.08. The van der Waals surface area contributed by atoms with E-state index in [0.29, 0.717) is 50.9 Å². The van der Waals surface area contributed by atoms with Gasteiger partial charge in [0.05, 0.1) is 6.61 Å². The molecule has 8 nitrogen and oxygen atoms in total. The number of nitrogens with zero attached hydrogens (tertiary/aromatic N) is 2. The SMILES string of the molecule is CCOC(=O)C(C(C)C)N1CCC(NC(=O)C2SCCN2C(=O)C[C@H](N)Cc2cc(F)c(F)cc2F)CC1.Cl.